The number of hydrogen-bond acceptors (Lipinski definition) is 5. The predicted molar refractivity (Wildman–Crippen MR) is 61.6 cm³/mol. The molecule has 1 saturated heterocycles. The lowest BCUT2D eigenvalue weighted by Crippen LogP contribution is -2.49. The van der Waals surface area contributed by atoms with Gasteiger partial charge in [-0.15, -0.1) is 0 Å². The second-order valence-electron chi connectivity index (χ2n) is 3.57. The lowest BCUT2D eigenvalue weighted by molar-refractivity contribution is -0.132. The number of piperazine rings is 1. The molecule has 1 heterocycles. The standard InChI is InChI=1S/C9H19N3O2S/c10-14-7-6-11-2-4-12(5-3-11)9(13)1-8-15/h15H,1-8,10H2. The maximum absolute atomic E-state index is 11.5. The summed E-state index contributed by atoms with van der Waals surface area (Å²) in [7, 11) is 0. The molecule has 0 aromatic rings. The van der Waals surface area contributed by atoms with Crippen LogP contribution in [0.5, 0.6) is 0 Å². The van der Waals surface area contributed by atoms with Crippen molar-refractivity contribution in [2.24, 2.45) is 5.90 Å². The number of hydrogen-bond donors (Lipinski definition) is 2. The monoisotopic (exact) mass is 233 g/mol. The molecule has 2 N–H and O–H groups in total. The molecule has 1 aliphatic rings. The molecule has 15 heavy (non-hydrogen) atoms. The summed E-state index contributed by atoms with van der Waals surface area (Å²) >= 11 is 4.05. The van der Waals surface area contributed by atoms with E-state index in [4.69, 9.17) is 5.90 Å². The van der Waals surface area contributed by atoms with E-state index in [9.17, 15) is 4.79 Å². The van der Waals surface area contributed by atoms with Crippen molar-refractivity contribution in [3.05, 3.63) is 0 Å². The molecule has 0 aliphatic carbocycles. The molecule has 0 saturated carbocycles. The van der Waals surface area contributed by atoms with Gasteiger partial charge in [0.05, 0.1) is 6.61 Å². The lowest BCUT2D eigenvalue weighted by atomic mass is 10.3. The van der Waals surface area contributed by atoms with Gasteiger partial charge in [-0.3, -0.25) is 9.69 Å². The first-order chi connectivity index (χ1) is 7.27. The molecule has 88 valence electrons. The van der Waals surface area contributed by atoms with Crippen LogP contribution in [0, 0.1) is 0 Å². The Balaban J connectivity index is 2.20. The Bertz CT molecular complexity index is 196. The van der Waals surface area contributed by atoms with Crippen LogP contribution in [0.25, 0.3) is 0 Å². The number of nitrogens with two attached hydrogens (primary N) is 1. The molecule has 6 heteroatoms. The van der Waals surface area contributed by atoms with Gasteiger partial charge in [-0.25, -0.2) is 5.90 Å². The summed E-state index contributed by atoms with van der Waals surface area (Å²) in [5, 5.41) is 0. The van der Waals surface area contributed by atoms with Crippen LogP contribution < -0.4 is 5.90 Å². The third-order valence-electron chi connectivity index (χ3n) is 2.58. The van der Waals surface area contributed by atoms with Crippen LogP contribution in [0.3, 0.4) is 0 Å². The minimum absolute atomic E-state index is 0.208. The molecule has 0 atom stereocenters. The predicted octanol–water partition coefficient (Wildman–Crippen LogP) is -0.659. The summed E-state index contributed by atoms with van der Waals surface area (Å²) in [5.41, 5.74) is 0. The third kappa shape index (κ3) is 4.38. The summed E-state index contributed by atoms with van der Waals surface area (Å²) in [6.45, 7) is 4.80. The maximum Gasteiger partial charge on any atom is 0.223 e. The van der Waals surface area contributed by atoms with E-state index in [-0.39, 0.29) is 5.91 Å². The summed E-state index contributed by atoms with van der Waals surface area (Å²) in [4.78, 5) is 20.2. The first kappa shape index (κ1) is 12.8. The van der Waals surface area contributed by atoms with Gasteiger partial charge in [-0.2, -0.15) is 12.6 Å². The normalized spacial score (nSPS) is 18.1. The van der Waals surface area contributed by atoms with Crippen LogP contribution in [-0.2, 0) is 9.63 Å². The molecule has 1 aliphatic heterocycles. The molecule has 0 aromatic carbocycles. The van der Waals surface area contributed by atoms with Crippen molar-refractivity contribution in [1.82, 2.24) is 9.80 Å². The van der Waals surface area contributed by atoms with E-state index in [2.05, 4.69) is 22.4 Å². The molecule has 0 unspecified atom stereocenters. The van der Waals surface area contributed by atoms with Crippen molar-refractivity contribution in [3.63, 3.8) is 0 Å². The summed E-state index contributed by atoms with van der Waals surface area (Å²) < 4.78 is 0. The van der Waals surface area contributed by atoms with E-state index in [1.54, 1.807) is 0 Å². The van der Waals surface area contributed by atoms with Crippen molar-refractivity contribution in [2.45, 2.75) is 6.42 Å². The van der Waals surface area contributed by atoms with Crippen molar-refractivity contribution in [1.29, 1.82) is 0 Å². The highest BCUT2D eigenvalue weighted by Crippen LogP contribution is 2.03. The molecular formula is C9H19N3O2S. The fourth-order valence-electron chi connectivity index (χ4n) is 1.66. The Morgan fingerprint density at radius 2 is 2.00 bits per heavy atom. The van der Waals surface area contributed by atoms with Gasteiger partial charge < -0.3 is 9.74 Å². The van der Waals surface area contributed by atoms with E-state index < -0.39 is 0 Å². The van der Waals surface area contributed by atoms with Gasteiger partial charge in [0.2, 0.25) is 5.91 Å². The van der Waals surface area contributed by atoms with E-state index in [1.807, 2.05) is 4.90 Å². The largest absolute Gasteiger partial charge is 0.340 e. The average molecular weight is 233 g/mol. The van der Waals surface area contributed by atoms with Crippen molar-refractivity contribution >= 4 is 18.5 Å². The van der Waals surface area contributed by atoms with Crippen LogP contribution in [0.2, 0.25) is 0 Å². The van der Waals surface area contributed by atoms with Gasteiger partial charge in [0.15, 0.2) is 0 Å². The zero-order chi connectivity index (χ0) is 11.1. The molecule has 0 aromatic heterocycles. The van der Waals surface area contributed by atoms with Gasteiger partial charge in [0.25, 0.3) is 0 Å². The quantitative estimate of drug-likeness (QED) is 0.489. The Hall–Kier alpha value is -0.300. The van der Waals surface area contributed by atoms with Gasteiger partial charge in [-0.1, -0.05) is 0 Å². The van der Waals surface area contributed by atoms with E-state index in [0.29, 0.717) is 18.8 Å². The molecule has 5 nitrogen and oxygen atoms in total. The fourth-order valence-corrected chi connectivity index (χ4v) is 1.85. The number of rotatable bonds is 5. The Morgan fingerprint density at radius 3 is 2.53 bits per heavy atom. The SMILES string of the molecule is NOCCN1CCN(C(=O)CCS)CC1. The third-order valence-corrected chi connectivity index (χ3v) is 2.80. The van der Waals surface area contributed by atoms with E-state index in [0.717, 1.165) is 32.7 Å². The van der Waals surface area contributed by atoms with Gasteiger partial charge >= 0.3 is 0 Å². The van der Waals surface area contributed by atoms with E-state index >= 15 is 0 Å². The highest BCUT2D eigenvalue weighted by molar-refractivity contribution is 7.80. The number of amides is 1. The zero-order valence-corrected chi connectivity index (χ0v) is 9.79. The Morgan fingerprint density at radius 1 is 1.33 bits per heavy atom. The minimum Gasteiger partial charge on any atom is -0.340 e. The van der Waals surface area contributed by atoms with Crippen LogP contribution in [0.4, 0.5) is 0 Å². The minimum atomic E-state index is 0.208. The zero-order valence-electron chi connectivity index (χ0n) is 8.89. The lowest BCUT2D eigenvalue weighted by Gasteiger charge is -2.34. The fraction of sp³-hybridized carbons (Fsp3) is 0.889. The van der Waals surface area contributed by atoms with Gasteiger partial charge in [0, 0.05) is 39.1 Å². The summed E-state index contributed by atoms with van der Waals surface area (Å²) in [6, 6.07) is 0. The van der Waals surface area contributed by atoms with Crippen LogP contribution in [-0.4, -0.2) is 60.8 Å². The molecular weight excluding hydrogens is 214 g/mol. The van der Waals surface area contributed by atoms with Gasteiger partial charge in [0.1, 0.15) is 0 Å². The highest BCUT2D eigenvalue weighted by Gasteiger charge is 2.19. The van der Waals surface area contributed by atoms with Crippen LogP contribution >= 0.6 is 12.6 Å². The molecule has 0 bridgehead atoms. The molecule has 0 spiro atoms. The van der Waals surface area contributed by atoms with Gasteiger partial charge in [-0.05, 0) is 5.75 Å². The number of carbonyl (C=O) groups is 1. The first-order valence-electron chi connectivity index (χ1n) is 5.20. The molecule has 1 fully saturated rings. The van der Waals surface area contributed by atoms with Crippen LogP contribution in [0.1, 0.15) is 6.42 Å². The van der Waals surface area contributed by atoms with Crippen molar-refractivity contribution in [2.75, 3.05) is 45.1 Å². The highest BCUT2D eigenvalue weighted by atomic mass is 32.1. The maximum atomic E-state index is 11.5. The molecule has 0 radical (unpaired) electrons. The molecule has 1 amide bonds. The van der Waals surface area contributed by atoms with Crippen LogP contribution in [0.15, 0.2) is 0 Å². The second-order valence-corrected chi connectivity index (χ2v) is 4.01. The number of nitrogens with zero attached hydrogens (tertiary/aromatic N) is 2. The Labute approximate surface area is 95.9 Å². The number of thiol groups is 1. The Kier molecular flexibility index (Phi) is 6.00. The second kappa shape index (κ2) is 7.05. The van der Waals surface area contributed by atoms with Crippen molar-refractivity contribution in [3.8, 4) is 0 Å². The topological polar surface area (TPSA) is 58.8 Å². The van der Waals surface area contributed by atoms with Crippen molar-refractivity contribution < 1.29 is 9.63 Å². The summed E-state index contributed by atoms with van der Waals surface area (Å²) in [6.07, 6.45) is 0.537. The molecule has 1 rings (SSSR count). The van der Waals surface area contributed by atoms with E-state index in [1.165, 1.54) is 0 Å². The number of carbonyl (C=O) groups excluding carboxylic acids is 1. The smallest absolute Gasteiger partial charge is 0.223 e. The average Bonchev–Trinajstić information content (AvgIpc) is 2.27. The first-order valence-corrected chi connectivity index (χ1v) is 5.84. The summed E-state index contributed by atoms with van der Waals surface area (Å²) in [5.74, 6) is 5.79.